The highest BCUT2D eigenvalue weighted by Crippen LogP contribution is 2.32. The van der Waals surface area contributed by atoms with Crippen molar-refractivity contribution in [3.8, 4) is 0 Å². The molecule has 1 aliphatic carbocycles. The summed E-state index contributed by atoms with van der Waals surface area (Å²) in [6.07, 6.45) is 4.84. The molecule has 1 atom stereocenters. The van der Waals surface area contributed by atoms with Gasteiger partial charge >= 0.3 is 0 Å². The second-order valence-corrected chi connectivity index (χ2v) is 3.46. The minimum Gasteiger partial charge on any atom is -0.392 e. The van der Waals surface area contributed by atoms with E-state index in [9.17, 15) is 5.11 Å². The summed E-state index contributed by atoms with van der Waals surface area (Å²) >= 11 is 0. The molecule has 0 aromatic heterocycles. The van der Waals surface area contributed by atoms with Crippen LogP contribution in [-0.2, 0) is 0 Å². The van der Waals surface area contributed by atoms with E-state index in [-0.39, 0.29) is 6.10 Å². The lowest BCUT2D eigenvalue weighted by molar-refractivity contribution is 0.149. The fraction of sp³-hybridized carbons (Fsp3) is 1.00. The highest BCUT2D eigenvalue weighted by molar-refractivity contribution is 4.81. The Morgan fingerprint density at radius 2 is 2.27 bits per heavy atom. The largest absolute Gasteiger partial charge is 0.392 e. The first-order valence-corrected chi connectivity index (χ1v) is 4.73. The highest BCUT2D eigenvalue weighted by Gasteiger charge is 2.28. The van der Waals surface area contributed by atoms with Gasteiger partial charge in [-0.2, -0.15) is 0 Å². The summed E-state index contributed by atoms with van der Waals surface area (Å²) in [5.41, 5.74) is 0. The molecule has 0 saturated heterocycles. The van der Waals surface area contributed by atoms with E-state index in [1.165, 1.54) is 25.7 Å². The highest BCUT2D eigenvalue weighted by atomic mass is 16.3. The normalized spacial score (nSPS) is 20.2. The van der Waals surface area contributed by atoms with Gasteiger partial charge in [0, 0.05) is 6.54 Å². The zero-order valence-corrected chi connectivity index (χ0v) is 7.34. The molecule has 66 valence electrons. The van der Waals surface area contributed by atoms with Crippen LogP contribution in [-0.4, -0.2) is 24.3 Å². The molecule has 1 saturated carbocycles. The predicted molar refractivity (Wildman–Crippen MR) is 46.5 cm³/mol. The second-order valence-electron chi connectivity index (χ2n) is 3.46. The molecule has 0 radical (unpaired) electrons. The molecule has 1 unspecified atom stereocenters. The van der Waals surface area contributed by atoms with Gasteiger partial charge in [0.25, 0.3) is 0 Å². The van der Waals surface area contributed by atoms with Crippen LogP contribution >= 0.6 is 0 Å². The number of aliphatic hydroxyl groups is 1. The van der Waals surface area contributed by atoms with Crippen LogP contribution in [0.2, 0.25) is 0 Å². The maximum Gasteiger partial charge on any atom is 0.0692 e. The van der Waals surface area contributed by atoms with Crippen molar-refractivity contribution < 1.29 is 5.11 Å². The molecule has 0 heterocycles. The van der Waals surface area contributed by atoms with Crippen LogP contribution in [0.1, 0.15) is 32.6 Å². The van der Waals surface area contributed by atoms with Gasteiger partial charge in [-0.3, -0.25) is 0 Å². The first-order valence-electron chi connectivity index (χ1n) is 4.73. The maximum atomic E-state index is 9.43. The van der Waals surface area contributed by atoms with E-state index in [4.69, 9.17) is 0 Å². The Kier molecular flexibility index (Phi) is 3.87. The van der Waals surface area contributed by atoms with E-state index in [1.807, 2.05) is 0 Å². The SMILES string of the molecule is CCCCNCC(O)C1CC1. The van der Waals surface area contributed by atoms with E-state index in [0.717, 1.165) is 13.1 Å². The van der Waals surface area contributed by atoms with E-state index >= 15 is 0 Å². The Morgan fingerprint density at radius 3 is 2.82 bits per heavy atom. The summed E-state index contributed by atoms with van der Waals surface area (Å²) in [6, 6.07) is 0. The van der Waals surface area contributed by atoms with Crippen molar-refractivity contribution in [2.24, 2.45) is 5.92 Å². The molecule has 1 aliphatic rings. The zero-order valence-electron chi connectivity index (χ0n) is 7.34. The lowest BCUT2D eigenvalue weighted by Crippen LogP contribution is -2.28. The summed E-state index contributed by atoms with van der Waals surface area (Å²) in [5, 5.41) is 12.7. The lowest BCUT2D eigenvalue weighted by Gasteiger charge is -2.09. The minimum atomic E-state index is -0.0770. The summed E-state index contributed by atoms with van der Waals surface area (Å²) in [4.78, 5) is 0. The van der Waals surface area contributed by atoms with Crippen molar-refractivity contribution in [3.63, 3.8) is 0 Å². The van der Waals surface area contributed by atoms with Crippen molar-refractivity contribution in [1.29, 1.82) is 0 Å². The van der Waals surface area contributed by atoms with Gasteiger partial charge in [0.15, 0.2) is 0 Å². The third-order valence-electron chi connectivity index (χ3n) is 2.23. The van der Waals surface area contributed by atoms with Crippen LogP contribution in [0.3, 0.4) is 0 Å². The Balaban J connectivity index is 1.85. The monoisotopic (exact) mass is 157 g/mol. The fourth-order valence-corrected chi connectivity index (χ4v) is 1.20. The van der Waals surface area contributed by atoms with E-state index < -0.39 is 0 Å². The van der Waals surface area contributed by atoms with Crippen LogP contribution in [0, 0.1) is 5.92 Å². The topological polar surface area (TPSA) is 32.3 Å². The number of unbranched alkanes of at least 4 members (excludes halogenated alkanes) is 1. The number of aliphatic hydroxyl groups excluding tert-OH is 1. The van der Waals surface area contributed by atoms with Crippen molar-refractivity contribution in [3.05, 3.63) is 0 Å². The van der Waals surface area contributed by atoms with Crippen LogP contribution in [0.4, 0.5) is 0 Å². The predicted octanol–water partition coefficient (Wildman–Crippen LogP) is 1.15. The van der Waals surface area contributed by atoms with Gasteiger partial charge in [-0.25, -0.2) is 0 Å². The average molecular weight is 157 g/mol. The Morgan fingerprint density at radius 1 is 1.55 bits per heavy atom. The Bertz CT molecular complexity index is 102. The first kappa shape index (κ1) is 9.01. The molecule has 2 N–H and O–H groups in total. The standard InChI is InChI=1S/C9H19NO/c1-2-3-6-10-7-9(11)8-4-5-8/h8-11H,2-7H2,1H3. The van der Waals surface area contributed by atoms with Gasteiger partial charge in [-0.15, -0.1) is 0 Å². The molecule has 1 fully saturated rings. The Hall–Kier alpha value is -0.0800. The first-order chi connectivity index (χ1) is 5.34. The lowest BCUT2D eigenvalue weighted by atomic mass is 10.2. The van der Waals surface area contributed by atoms with E-state index in [2.05, 4.69) is 12.2 Å². The zero-order chi connectivity index (χ0) is 8.10. The third-order valence-corrected chi connectivity index (χ3v) is 2.23. The maximum absolute atomic E-state index is 9.43. The molecule has 2 heteroatoms. The van der Waals surface area contributed by atoms with Crippen molar-refractivity contribution in [2.75, 3.05) is 13.1 Å². The molecule has 0 aliphatic heterocycles. The quantitative estimate of drug-likeness (QED) is 0.567. The molecule has 0 spiro atoms. The third kappa shape index (κ3) is 3.73. The van der Waals surface area contributed by atoms with Gasteiger partial charge < -0.3 is 10.4 Å². The number of rotatable bonds is 6. The molecule has 0 amide bonds. The van der Waals surface area contributed by atoms with Crippen molar-refractivity contribution in [1.82, 2.24) is 5.32 Å². The van der Waals surface area contributed by atoms with Crippen LogP contribution in [0.25, 0.3) is 0 Å². The van der Waals surface area contributed by atoms with Crippen molar-refractivity contribution >= 4 is 0 Å². The van der Waals surface area contributed by atoms with E-state index in [0.29, 0.717) is 5.92 Å². The minimum absolute atomic E-state index is 0.0770. The summed E-state index contributed by atoms with van der Waals surface area (Å²) in [7, 11) is 0. The van der Waals surface area contributed by atoms with E-state index in [1.54, 1.807) is 0 Å². The molecule has 2 nitrogen and oxygen atoms in total. The molecule has 1 rings (SSSR count). The van der Waals surface area contributed by atoms with Crippen LogP contribution < -0.4 is 5.32 Å². The molecule has 0 bridgehead atoms. The van der Waals surface area contributed by atoms with Gasteiger partial charge in [0.2, 0.25) is 0 Å². The van der Waals surface area contributed by atoms with Gasteiger partial charge in [0.05, 0.1) is 6.10 Å². The van der Waals surface area contributed by atoms with Gasteiger partial charge in [-0.05, 0) is 31.7 Å². The van der Waals surface area contributed by atoms with Crippen LogP contribution in [0.5, 0.6) is 0 Å². The van der Waals surface area contributed by atoms with Crippen LogP contribution in [0.15, 0.2) is 0 Å². The fourth-order valence-electron chi connectivity index (χ4n) is 1.20. The molecule has 0 aromatic rings. The second kappa shape index (κ2) is 4.73. The summed E-state index contributed by atoms with van der Waals surface area (Å²) < 4.78 is 0. The Labute approximate surface area is 69.0 Å². The number of nitrogens with one attached hydrogen (secondary N) is 1. The molecule has 11 heavy (non-hydrogen) atoms. The molecular weight excluding hydrogens is 138 g/mol. The van der Waals surface area contributed by atoms with Gasteiger partial charge in [-0.1, -0.05) is 13.3 Å². The smallest absolute Gasteiger partial charge is 0.0692 e. The summed E-state index contributed by atoms with van der Waals surface area (Å²) in [5.74, 6) is 0.615. The summed E-state index contributed by atoms with van der Waals surface area (Å²) in [6.45, 7) is 4.03. The molecular formula is C9H19NO. The van der Waals surface area contributed by atoms with Gasteiger partial charge in [0.1, 0.15) is 0 Å². The number of hydrogen-bond donors (Lipinski definition) is 2. The molecule has 0 aromatic carbocycles. The number of hydrogen-bond acceptors (Lipinski definition) is 2. The van der Waals surface area contributed by atoms with Crippen molar-refractivity contribution in [2.45, 2.75) is 38.7 Å². The average Bonchev–Trinajstić information content (AvgIpc) is 2.79.